The molecule has 2 atom stereocenters. The normalized spacial score (nSPS) is 21.6. The molecule has 1 fully saturated rings. The summed E-state index contributed by atoms with van der Waals surface area (Å²) in [6.07, 6.45) is 6.33. The summed E-state index contributed by atoms with van der Waals surface area (Å²) in [6, 6.07) is 5.47. The quantitative estimate of drug-likeness (QED) is 0.816. The molecule has 22 heavy (non-hydrogen) atoms. The SMILES string of the molecule is C=CCN(C)[C@@H]1CCCC[C@H]1NC(=O)c1ccc(Cl)c(Cl)c1. The van der Waals surface area contributed by atoms with Crippen LogP contribution in [0.1, 0.15) is 36.0 Å². The van der Waals surface area contributed by atoms with Gasteiger partial charge in [-0.3, -0.25) is 9.69 Å². The number of amides is 1. The third-order valence-electron chi connectivity index (χ3n) is 4.21. The Bertz CT molecular complexity index is 547. The Morgan fingerprint density at radius 1 is 1.36 bits per heavy atom. The monoisotopic (exact) mass is 340 g/mol. The number of nitrogens with one attached hydrogen (secondary N) is 1. The fraction of sp³-hybridized carbons (Fsp3) is 0.471. The van der Waals surface area contributed by atoms with Gasteiger partial charge < -0.3 is 5.32 Å². The Kier molecular flexibility index (Phi) is 6.30. The summed E-state index contributed by atoms with van der Waals surface area (Å²) in [5.74, 6) is -0.0949. The lowest BCUT2D eigenvalue weighted by Crippen LogP contribution is -2.52. The zero-order chi connectivity index (χ0) is 16.1. The second kappa shape index (κ2) is 8.00. The highest BCUT2D eigenvalue weighted by molar-refractivity contribution is 6.42. The number of halogens is 2. The molecule has 0 aliphatic heterocycles. The van der Waals surface area contributed by atoms with Crippen molar-refractivity contribution in [1.82, 2.24) is 10.2 Å². The summed E-state index contributed by atoms with van der Waals surface area (Å²) in [7, 11) is 2.08. The van der Waals surface area contributed by atoms with Crippen LogP contribution in [0.3, 0.4) is 0 Å². The standard InChI is InChI=1S/C17H22Cl2N2O/c1-3-10-21(2)16-7-5-4-6-15(16)20-17(22)12-8-9-13(18)14(19)11-12/h3,8-9,11,15-16H,1,4-7,10H2,2H3,(H,20,22)/t15-,16-/m1/s1. The van der Waals surface area contributed by atoms with Gasteiger partial charge in [0.25, 0.3) is 5.91 Å². The average molecular weight is 341 g/mol. The van der Waals surface area contributed by atoms with Crippen molar-refractivity contribution in [2.24, 2.45) is 0 Å². The van der Waals surface area contributed by atoms with E-state index < -0.39 is 0 Å². The van der Waals surface area contributed by atoms with Crippen LogP contribution in [-0.2, 0) is 0 Å². The van der Waals surface area contributed by atoms with Gasteiger partial charge in [-0.05, 0) is 38.1 Å². The molecule has 0 bridgehead atoms. The Morgan fingerprint density at radius 2 is 2.09 bits per heavy atom. The van der Waals surface area contributed by atoms with Crippen LogP contribution in [0.2, 0.25) is 10.0 Å². The topological polar surface area (TPSA) is 32.3 Å². The number of hydrogen-bond donors (Lipinski definition) is 1. The molecule has 120 valence electrons. The minimum absolute atomic E-state index is 0.0949. The Balaban J connectivity index is 2.07. The minimum atomic E-state index is -0.0949. The Labute approximate surface area is 142 Å². The van der Waals surface area contributed by atoms with E-state index in [0.29, 0.717) is 21.7 Å². The van der Waals surface area contributed by atoms with Crippen molar-refractivity contribution in [3.8, 4) is 0 Å². The van der Waals surface area contributed by atoms with E-state index in [1.54, 1.807) is 18.2 Å². The number of nitrogens with zero attached hydrogens (tertiary/aromatic N) is 1. The van der Waals surface area contributed by atoms with Crippen molar-refractivity contribution >= 4 is 29.1 Å². The van der Waals surface area contributed by atoms with Gasteiger partial charge in [0.05, 0.1) is 10.0 Å². The lowest BCUT2D eigenvalue weighted by Gasteiger charge is -2.38. The summed E-state index contributed by atoms with van der Waals surface area (Å²) in [5.41, 5.74) is 0.546. The van der Waals surface area contributed by atoms with Crippen LogP contribution in [0.4, 0.5) is 0 Å². The van der Waals surface area contributed by atoms with Crippen LogP contribution in [0, 0.1) is 0 Å². The van der Waals surface area contributed by atoms with Crippen molar-refractivity contribution in [2.75, 3.05) is 13.6 Å². The van der Waals surface area contributed by atoms with Gasteiger partial charge in [-0.1, -0.05) is 42.1 Å². The number of carbonyl (C=O) groups is 1. The zero-order valence-corrected chi connectivity index (χ0v) is 14.3. The summed E-state index contributed by atoms with van der Waals surface area (Å²) in [6.45, 7) is 4.61. The van der Waals surface area contributed by atoms with Gasteiger partial charge >= 0.3 is 0 Å². The number of carbonyl (C=O) groups excluding carboxylic acids is 1. The highest BCUT2D eigenvalue weighted by Gasteiger charge is 2.29. The van der Waals surface area contributed by atoms with Crippen LogP contribution in [0.5, 0.6) is 0 Å². The molecule has 0 aromatic heterocycles. The summed E-state index contributed by atoms with van der Waals surface area (Å²) in [4.78, 5) is 14.7. The van der Waals surface area contributed by atoms with E-state index in [-0.39, 0.29) is 11.9 Å². The maximum Gasteiger partial charge on any atom is 0.251 e. The second-order valence-electron chi connectivity index (χ2n) is 5.79. The molecule has 1 N–H and O–H groups in total. The molecule has 0 saturated heterocycles. The second-order valence-corrected chi connectivity index (χ2v) is 6.60. The molecule has 5 heteroatoms. The molecule has 1 amide bonds. The summed E-state index contributed by atoms with van der Waals surface area (Å²) < 4.78 is 0. The van der Waals surface area contributed by atoms with Crippen LogP contribution in [0.15, 0.2) is 30.9 Å². The Morgan fingerprint density at radius 3 is 2.77 bits per heavy atom. The summed E-state index contributed by atoms with van der Waals surface area (Å²) in [5, 5.41) is 4.01. The van der Waals surface area contributed by atoms with Gasteiger partial charge in [0.1, 0.15) is 0 Å². The zero-order valence-electron chi connectivity index (χ0n) is 12.8. The first-order chi connectivity index (χ1) is 10.5. The molecule has 1 saturated carbocycles. The van der Waals surface area contributed by atoms with Gasteiger partial charge in [0.15, 0.2) is 0 Å². The van der Waals surface area contributed by atoms with Crippen molar-refractivity contribution in [3.63, 3.8) is 0 Å². The molecule has 3 nitrogen and oxygen atoms in total. The fourth-order valence-electron chi connectivity index (χ4n) is 3.04. The van der Waals surface area contributed by atoms with Crippen molar-refractivity contribution < 1.29 is 4.79 Å². The first-order valence-electron chi connectivity index (χ1n) is 7.60. The van der Waals surface area contributed by atoms with Gasteiger partial charge in [-0.2, -0.15) is 0 Å². The predicted octanol–water partition coefficient (Wildman–Crippen LogP) is 4.15. The van der Waals surface area contributed by atoms with Crippen molar-refractivity contribution in [1.29, 1.82) is 0 Å². The van der Waals surface area contributed by atoms with Crippen LogP contribution in [0.25, 0.3) is 0 Å². The summed E-state index contributed by atoms with van der Waals surface area (Å²) >= 11 is 11.9. The van der Waals surface area contributed by atoms with Crippen molar-refractivity contribution in [2.45, 2.75) is 37.8 Å². The lowest BCUT2D eigenvalue weighted by molar-refractivity contribution is 0.0874. The van der Waals surface area contributed by atoms with Gasteiger partial charge in [-0.25, -0.2) is 0 Å². The predicted molar refractivity (Wildman–Crippen MR) is 92.8 cm³/mol. The smallest absolute Gasteiger partial charge is 0.251 e. The van der Waals surface area contributed by atoms with E-state index in [1.165, 1.54) is 6.42 Å². The molecule has 1 aliphatic carbocycles. The van der Waals surface area contributed by atoms with E-state index in [1.807, 2.05) is 6.08 Å². The third-order valence-corrected chi connectivity index (χ3v) is 4.95. The molecule has 2 rings (SSSR count). The van der Waals surface area contributed by atoms with Crippen molar-refractivity contribution in [3.05, 3.63) is 46.5 Å². The maximum absolute atomic E-state index is 12.5. The third kappa shape index (κ3) is 4.25. The van der Waals surface area contributed by atoms with E-state index >= 15 is 0 Å². The molecule has 0 spiro atoms. The van der Waals surface area contributed by atoms with E-state index in [0.717, 1.165) is 25.8 Å². The molecule has 0 unspecified atom stereocenters. The van der Waals surface area contributed by atoms with Gasteiger partial charge in [-0.15, -0.1) is 6.58 Å². The molecule has 1 aromatic rings. The average Bonchev–Trinajstić information content (AvgIpc) is 2.50. The first-order valence-corrected chi connectivity index (χ1v) is 8.35. The first kappa shape index (κ1) is 17.3. The highest BCUT2D eigenvalue weighted by Crippen LogP contribution is 2.25. The van der Waals surface area contributed by atoms with Crippen LogP contribution in [-0.4, -0.2) is 36.5 Å². The fourth-order valence-corrected chi connectivity index (χ4v) is 3.33. The number of likely N-dealkylation sites (N-methyl/N-ethyl adjacent to an activating group) is 1. The number of rotatable bonds is 5. The Hall–Kier alpha value is -1.03. The van der Waals surface area contributed by atoms with Crippen LogP contribution < -0.4 is 5.32 Å². The van der Waals surface area contributed by atoms with E-state index in [4.69, 9.17) is 23.2 Å². The lowest BCUT2D eigenvalue weighted by atomic mass is 9.89. The molecule has 1 aliphatic rings. The largest absolute Gasteiger partial charge is 0.348 e. The number of hydrogen-bond acceptors (Lipinski definition) is 2. The molecular formula is C17H22Cl2N2O. The molecular weight excluding hydrogens is 319 g/mol. The van der Waals surface area contributed by atoms with Crippen LogP contribution >= 0.6 is 23.2 Å². The van der Waals surface area contributed by atoms with Gasteiger partial charge in [0, 0.05) is 24.2 Å². The minimum Gasteiger partial charge on any atom is -0.348 e. The van der Waals surface area contributed by atoms with E-state index in [2.05, 4.69) is 23.8 Å². The van der Waals surface area contributed by atoms with Gasteiger partial charge in [0.2, 0.25) is 0 Å². The molecule has 1 aromatic carbocycles. The maximum atomic E-state index is 12.5. The highest BCUT2D eigenvalue weighted by atomic mass is 35.5. The molecule has 0 radical (unpaired) electrons. The molecule has 0 heterocycles. The number of benzene rings is 1. The van der Waals surface area contributed by atoms with E-state index in [9.17, 15) is 4.79 Å².